The van der Waals surface area contributed by atoms with Gasteiger partial charge in [-0.3, -0.25) is 0 Å². The molecule has 35 heavy (non-hydrogen) atoms. The maximum atomic E-state index is 13.2. The second kappa shape index (κ2) is 8.55. The molecule has 2 aliphatic rings. The second-order valence-corrected chi connectivity index (χ2v) is 10.5. The molecule has 3 heteroatoms. The molecular formula is C32H29F3. The van der Waals surface area contributed by atoms with E-state index in [9.17, 15) is 13.2 Å². The van der Waals surface area contributed by atoms with Crippen LogP contribution in [0.1, 0.15) is 69.2 Å². The largest absolute Gasteiger partial charge is 0.416 e. The van der Waals surface area contributed by atoms with Gasteiger partial charge >= 0.3 is 6.18 Å². The fraction of sp³-hybridized carbons (Fsp3) is 0.312. The van der Waals surface area contributed by atoms with E-state index < -0.39 is 11.7 Å². The van der Waals surface area contributed by atoms with E-state index in [0.717, 1.165) is 37.7 Å². The molecule has 2 atom stereocenters. The molecule has 2 unspecified atom stereocenters. The van der Waals surface area contributed by atoms with Gasteiger partial charge in [0.05, 0.1) is 5.56 Å². The van der Waals surface area contributed by atoms with Gasteiger partial charge in [0, 0.05) is 0 Å². The molecule has 0 nitrogen and oxygen atoms in total. The Bertz CT molecular complexity index is 1410. The van der Waals surface area contributed by atoms with Crippen LogP contribution in [-0.4, -0.2) is 0 Å². The molecule has 0 saturated carbocycles. The molecule has 0 aromatic heterocycles. The van der Waals surface area contributed by atoms with E-state index >= 15 is 0 Å². The van der Waals surface area contributed by atoms with E-state index in [4.69, 9.17) is 0 Å². The Morgan fingerprint density at radius 2 is 1.40 bits per heavy atom. The van der Waals surface area contributed by atoms with Crippen LogP contribution in [0.3, 0.4) is 0 Å². The van der Waals surface area contributed by atoms with Crippen molar-refractivity contribution < 1.29 is 13.2 Å². The molecule has 0 heterocycles. The van der Waals surface area contributed by atoms with Gasteiger partial charge in [0.25, 0.3) is 0 Å². The highest BCUT2D eigenvalue weighted by molar-refractivity contribution is 5.88. The van der Waals surface area contributed by atoms with Gasteiger partial charge in [0.15, 0.2) is 0 Å². The summed E-state index contributed by atoms with van der Waals surface area (Å²) in [5.41, 5.74) is 8.63. The monoisotopic (exact) mass is 470 g/mol. The van der Waals surface area contributed by atoms with Crippen molar-refractivity contribution in [3.05, 3.63) is 117 Å². The van der Waals surface area contributed by atoms with Crippen molar-refractivity contribution in [2.75, 3.05) is 0 Å². The number of aryl methyl sites for hydroxylation is 3. The third-order valence-corrected chi connectivity index (χ3v) is 8.19. The standard InChI is InChI=1S/C32H29F3/c1-20-4-2-5-21(14-20)23-8-9-25-16-27-11-10-26-15-24(12-13-30(26)31(27)19-28(25)17-23)22-6-3-7-29(18-22)32(33,34)35/h2-7,10-11,14,16,18-19,23-24H,8-9,12-13,15,17H2,1H3. The van der Waals surface area contributed by atoms with E-state index in [-0.39, 0.29) is 5.92 Å². The van der Waals surface area contributed by atoms with Gasteiger partial charge in [0.2, 0.25) is 0 Å². The van der Waals surface area contributed by atoms with Crippen molar-refractivity contribution >= 4 is 10.8 Å². The van der Waals surface area contributed by atoms with Crippen molar-refractivity contribution in [2.45, 2.75) is 63.5 Å². The number of hydrogen-bond acceptors (Lipinski definition) is 0. The number of hydrogen-bond donors (Lipinski definition) is 0. The van der Waals surface area contributed by atoms with Crippen molar-refractivity contribution in [2.24, 2.45) is 0 Å². The van der Waals surface area contributed by atoms with Crippen LogP contribution in [0.4, 0.5) is 13.2 Å². The minimum atomic E-state index is -4.30. The topological polar surface area (TPSA) is 0 Å². The summed E-state index contributed by atoms with van der Waals surface area (Å²) in [6.07, 6.45) is 1.67. The van der Waals surface area contributed by atoms with Crippen LogP contribution in [0.15, 0.2) is 72.8 Å². The summed E-state index contributed by atoms with van der Waals surface area (Å²) >= 11 is 0. The zero-order valence-corrected chi connectivity index (χ0v) is 20.0. The molecule has 2 aliphatic carbocycles. The number of alkyl halides is 3. The molecule has 0 spiro atoms. The quantitative estimate of drug-likeness (QED) is 0.275. The second-order valence-electron chi connectivity index (χ2n) is 10.5. The summed E-state index contributed by atoms with van der Waals surface area (Å²) in [5, 5.41) is 2.64. The molecule has 0 aliphatic heterocycles. The number of halogens is 3. The summed E-state index contributed by atoms with van der Waals surface area (Å²) in [5.74, 6) is 0.690. The summed E-state index contributed by atoms with van der Waals surface area (Å²) in [7, 11) is 0. The highest BCUT2D eigenvalue weighted by atomic mass is 19.4. The average molecular weight is 471 g/mol. The van der Waals surface area contributed by atoms with Crippen LogP contribution in [-0.2, 0) is 31.9 Å². The summed E-state index contributed by atoms with van der Waals surface area (Å²) in [6, 6.07) is 24.1. The van der Waals surface area contributed by atoms with Gasteiger partial charge in [-0.1, -0.05) is 72.3 Å². The molecule has 6 rings (SSSR count). The van der Waals surface area contributed by atoms with Gasteiger partial charge < -0.3 is 0 Å². The predicted molar refractivity (Wildman–Crippen MR) is 136 cm³/mol. The van der Waals surface area contributed by atoms with Crippen LogP contribution in [0.25, 0.3) is 10.8 Å². The summed E-state index contributed by atoms with van der Waals surface area (Å²) in [6.45, 7) is 2.16. The average Bonchev–Trinajstić information content (AvgIpc) is 2.86. The van der Waals surface area contributed by atoms with Crippen LogP contribution < -0.4 is 0 Å². The molecule has 0 radical (unpaired) electrons. The van der Waals surface area contributed by atoms with Crippen molar-refractivity contribution in [1.82, 2.24) is 0 Å². The fourth-order valence-corrected chi connectivity index (χ4v) is 6.33. The lowest BCUT2D eigenvalue weighted by atomic mass is 9.76. The van der Waals surface area contributed by atoms with Crippen molar-refractivity contribution in [3.63, 3.8) is 0 Å². The number of fused-ring (bicyclic) bond motifs is 4. The Balaban J connectivity index is 1.31. The van der Waals surface area contributed by atoms with Crippen LogP contribution in [0.2, 0.25) is 0 Å². The highest BCUT2D eigenvalue weighted by Crippen LogP contribution is 2.41. The zero-order valence-electron chi connectivity index (χ0n) is 20.0. The predicted octanol–water partition coefficient (Wildman–Crippen LogP) is 8.71. The molecule has 0 bridgehead atoms. The van der Waals surface area contributed by atoms with E-state index in [1.807, 2.05) is 6.07 Å². The Hall–Kier alpha value is -3.07. The zero-order chi connectivity index (χ0) is 24.2. The SMILES string of the molecule is Cc1cccc(C2CCc3cc4ccc5c(c4cc3C2)CCC(c2cccc(C(F)(F)F)c2)C5)c1. The Kier molecular flexibility index (Phi) is 5.47. The summed E-state index contributed by atoms with van der Waals surface area (Å²) < 4.78 is 39.7. The minimum absolute atomic E-state index is 0.130. The first kappa shape index (κ1) is 22.4. The van der Waals surface area contributed by atoms with Gasteiger partial charge in [0.1, 0.15) is 0 Å². The minimum Gasteiger partial charge on any atom is -0.166 e. The van der Waals surface area contributed by atoms with Gasteiger partial charge in [-0.15, -0.1) is 0 Å². The first-order chi connectivity index (χ1) is 16.8. The van der Waals surface area contributed by atoms with Crippen molar-refractivity contribution in [3.8, 4) is 0 Å². The van der Waals surface area contributed by atoms with Gasteiger partial charge in [-0.05, 0) is 108 Å². The van der Waals surface area contributed by atoms with Crippen LogP contribution in [0.5, 0.6) is 0 Å². The molecule has 0 N–H and O–H groups in total. The third-order valence-electron chi connectivity index (χ3n) is 8.19. The molecule has 0 fully saturated rings. The highest BCUT2D eigenvalue weighted by Gasteiger charge is 2.31. The van der Waals surface area contributed by atoms with E-state index in [0.29, 0.717) is 5.92 Å². The van der Waals surface area contributed by atoms with Crippen LogP contribution >= 0.6 is 0 Å². The van der Waals surface area contributed by atoms with E-state index in [2.05, 4.69) is 55.5 Å². The Morgan fingerprint density at radius 3 is 2.17 bits per heavy atom. The lowest BCUT2D eigenvalue weighted by Gasteiger charge is -2.29. The molecule has 178 valence electrons. The number of benzene rings is 4. The van der Waals surface area contributed by atoms with Gasteiger partial charge in [-0.25, -0.2) is 0 Å². The Labute approximate surface area is 204 Å². The van der Waals surface area contributed by atoms with E-state index in [1.54, 1.807) is 6.07 Å². The number of rotatable bonds is 2. The molecule has 0 saturated heterocycles. The third kappa shape index (κ3) is 4.26. The first-order valence-electron chi connectivity index (χ1n) is 12.6. The first-order valence-corrected chi connectivity index (χ1v) is 12.6. The Morgan fingerprint density at radius 1 is 0.686 bits per heavy atom. The molecular weight excluding hydrogens is 441 g/mol. The molecule has 0 amide bonds. The lowest BCUT2D eigenvalue weighted by molar-refractivity contribution is -0.137. The molecule has 4 aromatic rings. The smallest absolute Gasteiger partial charge is 0.166 e. The van der Waals surface area contributed by atoms with Gasteiger partial charge in [-0.2, -0.15) is 13.2 Å². The normalized spacial score (nSPS) is 19.9. The van der Waals surface area contributed by atoms with Crippen LogP contribution in [0, 0.1) is 6.92 Å². The van der Waals surface area contributed by atoms with E-state index in [1.165, 1.54) is 62.7 Å². The maximum Gasteiger partial charge on any atom is 0.416 e. The summed E-state index contributed by atoms with van der Waals surface area (Å²) in [4.78, 5) is 0. The lowest BCUT2D eigenvalue weighted by Crippen LogP contribution is -2.15. The maximum absolute atomic E-state index is 13.2. The molecule has 4 aromatic carbocycles. The fourth-order valence-electron chi connectivity index (χ4n) is 6.33. The van der Waals surface area contributed by atoms with Crippen molar-refractivity contribution in [1.29, 1.82) is 0 Å².